The van der Waals surface area contributed by atoms with Gasteiger partial charge in [-0.1, -0.05) is 36.4 Å². The number of benzene rings is 3. The van der Waals surface area contributed by atoms with Gasteiger partial charge in [-0.05, 0) is 64.6 Å². The SMILES string of the molecule is CCOc1cc2ccccc2cc1C(=O)Nc1ccccc1I. The third kappa shape index (κ3) is 3.47. The van der Waals surface area contributed by atoms with E-state index < -0.39 is 0 Å². The van der Waals surface area contributed by atoms with Crippen LogP contribution in [-0.4, -0.2) is 12.5 Å². The van der Waals surface area contributed by atoms with E-state index in [1.54, 1.807) is 0 Å². The van der Waals surface area contributed by atoms with Crippen LogP contribution in [0.5, 0.6) is 5.75 Å². The van der Waals surface area contributed by atoms with Gasteiger partial charge >= 0.3 is 0 Å². The summed E-state index contributed by atoms with van der Waals surface area (Å²) < 4.78 is 6.67. The highest BCUT2D eigenvalue weighted by Gasteiger charge is 2.15. The second-order valence-electron chi connectivity index (χ2n) is 5.06. The summed E-state index contributed by atoms with van der Waals surface area (Å²) in [5.41, 5.74) is 1.35. The first-order chi connectivity index (χ1) is 11.2. The molecule has 4 heteroatoms. The maximum Gasteiger partial charge on any atom is 0.259 e. The van der Waals surface area contributed by atoms with Crippen molar-refractivity contribution in [2.75, 3.05) is 11.9 Å². The third-order valence-corrected chi connectivity index (χ3v) is 4.46. The van der Waals surface area contributed by atoms with Crippen LogP contribution in [0.25, 0.3) is 10.8 Å². The molecule has 116 valence electrons. The molecule has 23 heavy (non-hydrogen) atoms. The van der Waals surface area contributed by atoms with Crippen molar-refractivity contribution in [2.24, 2.45) is 0 Å². The summed E-state index contributed by atoms with van der Waals surface area (Å²) in [4.78, 5) is 12.7. The third-order valence-electron chi connectivity index (χ3n) is 3.51. The summed E-state index contributed by atoms with van der Waals surface area (Å²) in [5.74, 6) is 0.443. The Kier molecular flexibility index (Phi) is 4.81. The van der Waals surface area contributed by atoms with Crippen molar-refractivity contribution in [1.29, 1.82) is 0 Å². The van der Waals surface area contributed by atoms with Crippen LogP contribution in [0.4, 0.5) is 5.69 Å². The molecule has 1 amide bonds. The first kappa shape index (κ1) is 15.8. The lowest BCUT2D eigenvalue weighted by Gasteiger charge is -2.13. The highest BCUT2D eigenvalue weighted by Crippen LogP contribution is 2.27. The normalized spacial score (nSPS) is 10.5. The van der Waals surface area contributed by atoms with Crippen LogP contribution in [-0.2, 0) is 0 Å². The molecule has 0 aliphatic rings. The maximum atomic E-state index is 12.7. The van der Waals surface area contributed by atoms with Crippen molar-refractivity contribution in [3.63, 3.8) is 0 Å². The van der Waals surface area contributed by atoms with Crippen LogP contribution in [0.2, 0.25) is 0 Å². The number of amides is 1. The van der Waals surface area contributed by atoms with E-state index in [-0.39, 0.29) is 5.91 Å². The molecule has 3 aromatic carbocycles. The molecule has 0 heterocycles. The van der Waals surface area contributed by atoms with Gasteiger partial charge in [0.05, 0.1) is 17.9 Å². The second kappa shape index (κ2) is 7.00. The topological polar surface area (TPSA) is 38.3 Å². The summed E-state index contributed by atoms with van der Waals surface area (Å²) in [5, 5.41) is 5.04. The molecule has 0 aromatic heterocycles. The summed E-state index contributed by atoms with van der Waals surface area (Å²) in [6, 6.07) is 19.4. The molecule has 3 aromatic rings. The van der Waals surface area contributed by atoms with Crippen molar-refractivity contribution in [3.05, 3.63) is 69.8 Å². The van der Waals surface area contributed by atoms with Gasteiger partial charge < -0.3 is 10.1 Å². The molecule has 0 radical (unpaired) electrons. The molecule has 0 bridgehead atoms. The number of halogens is 1. The van der Waals surface area contributed by atoms with E-state index in [0.29, 0.717) is 17.9 Å². The number of ether oxygens (including phenoxy) is 1. The Morgan fingerprint density at radius 2 is 1.70 bits per heavy atom. The number of para-hydroxylation sites is 1. The zero-order valence-electron chi connectivity index (χ0n) is 12.7. The summed E-state index contributed by atoms with van der Waals surface area (Å²) in [6.07, 6.45) is 0. The standard InChI is InChI=1S/C19H16INO2/c1-2-23-18-12-14-8-4-3-7-13(14)11-15(18)19(22)21-17-10-6-5-9-16(17)20/h3-12H,2H2,1H3,(H,21,22). The van der Waals surface area contributed by atoms with Crippen LogP contribution in [0.3, 0.4) is 0 Å². The summed E-state index contributed by atoms with van der Waals surface area (Å²) >= 11 is 2.21. The average molecular weight is 417 g/mol. The predicted molar refractivity (Wildman–Crippen MR) is 102 cm³/mol. The van der Waals surface area contributed by atoms with Crippen LogP contribution in [0.15, 0.2) is 60.7 Å². The van der Waals surface area contributed by atoms with E-state index in [4.69, 9.17) is 4.74 Å². The number of fused-ring (bicyclic) bond motifs is 1. The number of rotatable bonds is 4. The molecular weight excluding hydrogens is 401 g/mol. The number of nitrogens with one attached hydrogen (secondary N) is 1. The average Bonchev–Trinajstić information content (AvgIpc) is 2.56. The molecule has 0 fully saturated rings. The van der Waals surface area contributed by atoms with Gasteiger partial charge in [0.15, 0.2) is 0 Å². The van der Waals surface area contributed by atoms with Gasteiger partial charge in [0.1, 0.15) is 5.75 Å². The minimum absolute atomic E-state index is 0.164. The molecule has 0 atom stereocenters. The van der Waals surface area contributed by atoms with E-state index in [2.05, 4.69) is 27.9 Å². The Labute approximate surface area is 148 Å². The van der Waals surface area contributed by atoms with E-state index in [9.17, 15) is 4.79 Å². The molecule has 0 saturated heterocycles. The number of hydrogen-bond donors (Lipinski definition) is 1. The molecular formula is C19H16INO2. The molecule has 1 N–H and O–H groups in total. The van der Waals surface area contributed by atoms with Gasteiger partial charge in [-0.2, -0.15) is 0 Å². The Balaban J connectivity index is 2.01. The van der Waals surface area contributed by atoms with Crippen molar-refractivity contribution in [1.82, 2.24) is 0 Å². The zero-order valence-corrected chi connectivity index (χ0v) is 14.8. The van der Waals surface area contributed by atoms with E-state index in [1.165, 1.54) is 0 Å². The van der Waals surface area contributed by atoms with E-state index >= 15 is 0 Å². The Morgan fingerprint density at radius 3 is 2.39 bits per heavy atom. The number of carbonyl (C=O) groups excluding carboxylic acids is 1. The van der Waals surface area contributed by atoms with Crippen molar-refractivity contribution in [3.8, 4) is 5.75 Å². The fourth-order valence-electron chi connectivity index (χ4n) is 2.42. The minimum atomic E-state index is -0.164. The van der Waals surface area contributed by atoms with Crippen LogP contribution >= 0.6 is 22.6 Å². The zero-order chi connectivity index (χ0) is 16.2. The molecule has 3 rings (SSSR count). The Bertz CT molecular complexity index is 861. The lowest BCUT2D eigenvalue weighted by Crippen LogP contribution is -2.14. The van der Waals surface area contributed by atoms with Crippen LogP contribution in [0, 0.1) is 3.57 Å². The summed E-state index contributed by atoms with van der Waals surface area (Å²) in [6.45, 7) is 2.43. The quantitative estimate of drug-likeness (QED) is 0.601. The van der Waals surface area contributed by atoms with Crippen molar-refractivity contribution in [2.45, 2.75) is 6.92 Å². The van der Waals surface area contributed by atoms with E-state index in [0.717, 1.165) is 20.0 Å². The molecule has 0 aliphatic carbocycles. The van der Waals surface area contributed by atoms with Gasteiger partial charge in [0.25, 0.3) is 5.91 Å². The largest absolute Gasteiger partial charge is 0.493 e. The lowest BCUT2D eigenvalue weighted by molar-refractivity contribution is 0.102. The fraction of sp³-hybridized carbons (Fsp3) is 0.105. The molecule has 0 spiro atoms. The molecule has 0 unspecified atom stereocenters. The Hall–Kier alpha value is -2.08. The number of hydrogen-bond acceptors (Lipinski definition) is 2. The van der Waals surface area contributed by atoms with Gasteiger partial charge in [0, 0.05) is 3.57 Å². The predicted octanol–water partition coefficient (Wildman–Crippen LogP) is 5.10. The second-order valence-corrected chi connectivity index (χ2v) is 6.22. The maximum absolute atomic E-state index is 12.7. The van der Waals surface area contributed by atoms with Gasteiger partial charge in [-0.15, -0.1) is 0 Å². The van der Waals surface area contributed by atoms with Gasteiger partial charge in [-0.3, -0.25) is 4.79 Å². The number of anilines is 1. The molecule has 0 saturated carbocycles. The summed E-state index contributed by atoms with van der Waals surface area (Å²) in [7, 11) is 0. The highest BCUT2D eigenvalue weighted by molar-refractivity contribution is 14.1. The molecule has 3 nitrogen and oxygen atoms in total. The smallest absolute Gasteiger partial charge is 0.259 e. The first-order valence-electron chi connectivity index (χ1n) is 7.40. The lowest BCUT2D eigenvalue weighted by atomic mass is 10.1. The van der Waals surface area contributed by atoms with Crippen molar-refractivity contribution < 1.29 is 9.53 Å². The van der Waals surface area contributed by atoms with Gasteiger partial charge in [-0.25, -0.2) is 0 Å². The van der Waals surface area contributed by atoms with Crippen molar-refractivity contribution >= 4 is 45.0 Å². The monoisotopic (exact) mass is 417 g/mol. The first-order valence-corrected chi connectivity index (χ1v) is 8.48. The van der Waals surface area contributed by atoms with Crippen LogP contribution in [0.1, 0.15) is 17.3 Å². The minimum Gasteiger partial charge on any atom is -0.493 e. The highest BCUT2D eigenvalue weighted by atomic mass is 127. The van der Waals surface area contributed by atoms with Crippen LogP contribution < -0.4 is 10.1 Å². The number of carbonyl (C=O) groups is 1. The molecule has 0 aliphatic heterocycles. The van der Waals surface area contributed by atoms with E-state index in [1.807, 2.05) is 67.6 Å². The Morgan fingerprint density at radius 1 is 1.04 bits per heavy atom. The van der Waals surface area contributed by atoms with Gasteiger partial charge in [0.2, 0.25) is 0 Å². The fourth-order valence-corrected chi connectivity index (χ4v) is 2.95.